The van der Waals surface area contributed by atoms with E-state index >= 15 is 0 Å². The molecule has 0 aliphatic rings. The van der Waals surface area contributed by atoms with Crippen LogP contribution in [-0.2, 0) is 4.79 Å². The number of halogens is 1. The van der Waals surface area contributed by atoms with Crippen LogP contribution in [0, 0.1) is 0 Å². The molecule has 1 N–H and O–H groups in total. The smallest absolute Gasteiger partial charge is 0.277 e. The zero-order chi connectivity index (χ0) is 19.2. The van der Waals surface area contributed by atoms with E-state index < -0.39 is 0 Å². The minimum absolute atomic E-state index is 0.123. The summed E-state index contributed by atoms with van der Waals surface area (Å²) in [4.78, 5) is 12.1. The third kappa shape index (κ3) is 5.34. The first kappa shape index (κ1) is 19.5. The second kappa shape index (κ2) is 9.06. The van der Waals surface area contributed by atoms with E-state index in [2.05, 4.69) is 29.4 Å². The molecule has 0 saturated heterocycles. The average Bonchev–Trinajstić information content (AvgIpc) is 3.16. The van der Waals surface area contributed by atoms with E-state index in [9.17, 15) is 4.79 Å². The van der Waals surface area contributed by atoms with Crippen LogP contribution in [0.3, 0.4) is 0 Å². The third-order valence-corrected chi connectivity index (χ3v) is 5.27. The number of rotatable bonds is 7. The average molecular weight is 402 g/mol. The molecule has 1 heterocycles. The summed E-state index contributed by atoms with van der Waals surface area (Å²) in [6.45, 7) is 4.35. The molecule has 5 nitrogen and oxygen atoms in total. The Hall–Kier alpha value is -2.31. The molecule has 0 saturated carbocycles. The highest BCUT2D eigenvalue weighted by molar-refractivity contribution is 7.99. The van der Waals surface area contributed by atoms with Crippen LogP contribution in [0.5, 0.6) is 0 Å². The summed E-state index contributed by atoms with van der Waals surface area (Å²) in [6, 6.07) is 15.1. The molecule has 1 unspecified atom stereocenters. The highest BCUT2D eigenvalue weighted by atomic mass is 35.5. The largest absolute Gasteiger partial charge is 0.411 e. The van der Waals surface area contributed by atoms with Crippen molar-refractivity contribution < 1.29 is 9.21 Å². The lowest BCUT2D eigenvalue weighted by molar-refractivity contribution is -0.113. The fourth-order valence-corrected chi connectivity index (χ4v) is 3.12. The van der Waals surface area contributed by atoms with Gasteiger partial charge in [0.2, 0.25) is 11.8 Å². The summed E-state index contributed by atoms with van der Waals surface area (Å²) in [5, 5.41) is 11.8. The summed E-state index contributed by atoms with van der Waals surface area (Å²) in [5.41, 5.74) is 2.83. The zero-order valence-electron chi connectivity index (χ0n) is 15.1. The standard InChI is InChI=1S/C20H20ClN3O2S/c1-3-13(2)14-6-10-17(11-7-14)22-18(25)12-27-20-24-23-19(26-20)15-4-8-16(21)9-5-15/h4-11,13H,3,12H2,1-2H3,(H,22,25). The second-order valence-electron chi connectivity index (χ2n) is 6.15. The lowest BCUT2D eigenvalue weighted by Crippen LogP contribution is -2.14. The van der Waals surface area contributed by atoms with Crippen molar-refractivity contribution in [3.63, 3.8) is 0 Å². The van der Waals surface area contributed by atoms with E-state index in [1.165, 1.54) is 17.3 Å². The molecule has 3 aromatic rings. The molecule has 0 fully saturated rings. The maximum absolute atomic E-state index is 12.1. The molecule has 0 spiro atoms. The topological polar surface area (TPSA) is 68.0 Å². The zero-order valence-corrected chi connectivity index (χ0v) is 16.7. The van der Waals surface area contributed by atoms with Crippen LogP contribution < -0.4 is 5.32 Å². The predicted octanol–water partition coefficient (Wildman–Crippen LogP) is 5.63. The molecule has 0 bridgehead atoms. The van der Waals surface area contributed by atoms with Crippen molar-refractivity contribution in [3.8, 4) is 11.5 Å². The van der Waals surface area contributed by atoms with Gasteiger partial charge in [-0.15, -0.1) is 10.2 Å². The second-order valence-corrected chi connectivity index (χ2v) is 7.51. The maximum atomic E-state index is 12.1. The number of thioether (sulfide) groups is 1. The summed E-state index contributed by atoms with van der Waals surface area (Å²) in [5.74, 6) is 0.977. The number of aromatic nitrogens is 2. The quantitative estimate of drug-likeness (QED) is 0.519. The molecule has 0 aliphatic heterocycles. The highest BCUT2D eigenvalue weighted by Gasteiger charge is 2.12. The van der Waals surface area contributed by atoms with Gasteiger partial charge in [-0.2, -0.15) is 0 Å². The number of carbonyl (C=O) groups is 1. The Bertz CT molecular complexity index is 894. The monoisotopic (exact) mass is 401 g/mol. The van der Waals surface area contributed by atoms with E-state index in [1.807, 2.05) is 24.3 Å². The fraction of sp³-hybridized carbons (Fsp3) is 0.250. The van der Waals surface area contributed by atoms with Gasteiger partial charge in [-0.05, 0) is 54.3 Å². The molecule has 2 aromatic carbocycles. The molecular weight excluding hydrogens is 382 g/mol. The van der Waals surface area contributed by atoms with Gasteiger partial charge in [0.25, 0.3) is 5.22 Å². The molecule has 0 radical (unpaired) electrons. The van der Waals surface area contributed by atoms with Crippen LogP contribution in [0.2, 0.25) is 5.02 Å². The first-order chi connectivity index (χ1) is 13.0. The van der Waals surface area contributed by atoms with E-state index in [4.69, 9.17) is 16.0 Å². The minimum atomic E-state index is -0.123. The highest BCUT2D eigenvalue weighted by Crippen LogP contribution is 2.25. The Morgan fingerprint density at radius 2 is 1.85 bits per heavy atom. The van der Waals surface area contributed by atoms with Crippen molar-refractivity contribution in [3.05, 3.63) is 59.1 Å². The number of hydrogen-bond acceptors (Lipinski definition) is 5. The number of nitrogens with zero attached hydrogens (tertiary/aromatic N) is 2. The summed E-state index contributed by atoms with van der Waals surface area (Å²) in [6.07, 6.45) is 1.09. The fourth-order valence-electron chi connectivity index (χ4n) is 2.43. The number of hydrogen-bond donors (Lipinski definition) is 1. The molecule has 140 valence electrons. The Kier molecular flexibility index (Phi) is 6.53. The Labute approximate surface area is 167 Å². The lowest BCUT2D eigenvalue weighted by atomic mass is 9.99. The SMILES string of the molecule is CCC(C)c1ccc(NC(=O)CSc2nnc(-c3ccc(Cl)cc3)o2)cc1. The van der Waals surface area contributed by atoms with E-state index in [-0.39, 0.29) is 11.7 Å². The molecule has 1 amide bonds. The maximum Gasteiger partial charge on any atom is 0.277 e. The van der Waals surface area contributed by atoms with Crippen molar-refractivity contribution in [2.75, 3.05) is 11.1 Å². The number of anilines is 1. The number of amides is 1. The van der Waals surface area contributed by atoms with Crippen LogP contribution in [0.1, 0.15) is 31.7 Å². The van der Waals surface area contributed by atoms with Crippen LogP contribution >= 0.6 is 23.4 Å². The molecule has 0 aliphatic carbocycles. The molecule has 1 atom stereocenters. The first-order valence-electron chi connectivity index (χ1n) is 8.67. The number of nitrogens with one attached hydrogen (secondary N) is 1. The van der Waals surface area contributed by atoms with Gasteiger partial charge in [0.15, 0.2) is 0 Å². The van der Waals surface area contributed by atoms with Crippen molar-refractivity contribution in [1.82, 2.24) is 10.2 Å². The Balaban J connectivity index is 1.53. The minimum Gasteiger partial charge on any atom is -0.411 e. The van der Waals surface area contributed by atoms with Crippen molar-refractivity contribution in [1.29, 1.82) is 0 Å². The number of carbonyl (C=O) groups excluding carboxylic acids is 1. The van der Waals surface area contributed by atoms with Crippen LogP contribution in [0.4, 0.5) is 5.69 Å². The van der Waals surface area contributed by atoms with Crippen LogP contribution in [-0.4, -0.2) is 21.9 Å². The van der Waals surface area contributed by atoms with Gasteiger partial charge in [-0.3, -0.25) is 4.79 Å². The van der Waals surface area contributed by atoms with Gasteiger partial charge in [0.1, 0.15) is 0 Å². The van der Waals surface area contributed by atoms with Gasteiger partial charge in [0.05, 0.1) is 5.75 Å². The molecule has 1 aromatic heterocycles. The van der Waals surface area contributed by atoms with Gasteiger partial charge in [-0.25, -0.2) is 0 Å². The molecule has 7 heteroatoms. The van der Waals surface area contributed by atoms with Crippen molar-refractivity contribution in [2.24, 2.45) is 0 Å². The van der Waals surface area contributed by atoms with Crippen LogP contribution in [0.15, 0.2) is 58.2 Å². The Morgan fingerprint density at radius 3 is 2.52 bits per heavy atom. The van der Waals surface area contributed by atoms with Gasteiger partial charge in [0, 0.05) is 16.3 Å². The Morgan fingerprint density at radius 1 is 1.15 bits per heavy atom. The summed E-state index contributed by atoms with van der Waals surface area (Å²) in [7, 11) is 0. The van der Waals surface area contributed by atoms with Gasteiger partial charge < -0.3 is 9.73 Å². The molecule has 27 heavy (non-hydrogen) atoms. The van der Waals surface area contributed by atoms with Gasteiger partial charge in [-0.1, -0.05) is 49.3 Å². The first-order valence-corrected chi connectivity index (χ1v) is 10.0. The number of benzene rings is 2. The third-order valence-electron chi connectivity index (χ3n) is 4.20. The lowest BCUT2D eigenvalue weighted by Gasteiger charge is -2.10. The van der Waals surface area contributed by atoms with Crippen molar-refractivity contribution in [2.45, 2.75) is 31.4 Å². The van der Waals surface area contributed by atoms with E-state index in [0.717, 1.165) is 17.7 Å². The summed E-state index contributed by atoms with van der Waals surface area (Å²) < 4.78 is 5.58. The predicted molar refractivity (Wildman–Crippen MR) is 109 cm³/mol. The normalized spacial score (nSPS) is 12.0. The van der Waals surface area contributed by atoms with E-state index in [1.54, 1.807) is 24.3 Å². The van der Waals surface area contributed by atoms with Crippen LogP contribution in [0.25, 0.3) is 11.5 Å². The molecular formula is C20H20ClN3O2S. The van der Waals surface area contributed by atoms with Crippen molar-refractivity contribution >= 4 is 35.0 Å². The molecule has 3 rings (SSSR count). The van der Waals surface area contributed by atoms with Gasteiger partial charge >= 0.3 is 0 Å². The summed E-state index contributed by atoms with van der Waals surface area (Å²) >= 11 is 7.07. The van der Waals surface area contributed by atoms with E-state index in [0.29, 0.717) is 22.1 Å².